The minimum atomic E-state index is -4.69. The van der Waals surface area contributed by atoms with E-state index in [1.807, 2.05) is 12.1 Å². The normalized spacial score (nSPS) is 11.7. The van der Waals surface area contributed by atoms with E-state index in [1.54, 1.807) is 25.4 Å². The molecular weight excluding hydrogens is 399 g/mol. The topological polar surface area (TPSA) is 76.5 Å². The first-order valence-corrected chi connectivity index (χ1v) is 9.00. The molecule has 4 aromatic heterocycles. The maximum atomic E-state index is 13.6. The Morgan fingerprint density at radius 3 is 2.73 bits per heavy atom. The van der Waals surface area contributed by atoms with E-state index in [-0.39, 0.29) is 22.7 Å². The number of likely N-dealkylation sites (N-methyl/N-ethyl adjacent to an activating group) is 1. The fourth-order valence-electron chi connectivity index (χ4n) is 3.00. The van der Waals surface area contributed by atoms with Crippen LogP contribution in [0.25, 0.3) is 17.1 Å². The predicted molar refractivity (Wildman–Crippen MR) is 101 cm³/mol. The zero-order valence-electron chi connectivity index (χ0n) is 15.8. The lowest BCUT2D eigenvalue weighted by Crippen LogP contribution is -2.29. The number of amides is 1. The molecule has 0 saturated heterocycles. The molecule has 0 radical (unpaired) electrons. The van der Waals surface area contributed by atoms with Crippen molar-refractivity contribution in [1.82, 2.24) is 24.5 Å². The molecule has 0 N–H and O–H groups in total. The molecule has 4 aromatic rings. The van der Waals surface area contributed by atoms with E-state index >= 15 is 0 Å². The van der Waals surface area contributed by atoms with Crippen LogP contribution < -0.4 is 0 Å². The number of pyridine rings is 1. The zero-order chi connectivity index (χ0) is 21.3. The van der Waals surface area contributed by atoms with Crippen molar-refractivity contribution in [2.45, 2.75) is 12.6 Å². The molecule has 0 aliphatic rings. The molecule has 0 aromatic carbocycles. The molecule has 4 heterocycles. The van der Waals surface area contributed by atoms with Crippen molar-refractivity contribution in [2.75, 3.05) is 13.6 Å². The minimum absolute atomic E-state index is 0.0302. The highest BCUT2D eigenvalue weighted by Crippen LogP contribution is 2.33. The van der Waals surface area contributed by atoms with E-state index in [1.165, 1.54) is 17.2 Å². The molecule has 30 heavy (non-hydrogen) atoms. The fourth-order valence-corrected chi connectivity index (χ4v) is 3.00. The SMILES string of the molecule is CN(CCc1ccccn1)C(=O)c1cnn2c(C(F)(F)F)cc(-c3ccco3)nc12. The number of furan rings is 1. The van der Waals surface area contributed by atoms with Crippen molar-refractivity contribution in [3.63, 3.8) is 0 Å². The lowest BCUT2D eigenvalue weighted by molar-refractivity contribution is -0.142. The quantitative estimate of drug-likeness (QED) is 0.497. The van der Waals surface area contributed by atoms with Gasteiger partial charge >= 0.3 is 6.18 Å². The van der Waals surface area contributed by atoms with E-state index in [0.717, 1.165) is 18.0 Å². The Morgan fingerprint density at radius 1 is 1.23 bits per heavy atom. The third-order valence-corrected chi connectivity index (χ3v) is 4.54. The Balaban J connectivity index is 1.70. The van der Waals surface area contributed by atoms with Gasteiger partial charge in [-0.05, 0) is 30.3 Å². The van der Waals surface area contributed by atoms with E-state index < -0.39 is 17.8 Å². The summed E-state index contributed by atoms with van der Waals surface area (Å²) in [5.41, 5.74) is -0.502. The van der Waals surface area contributed by atoms with Crippen molar-refractivity contribution < 1.29 is 22.4 Å². The van der Waals surface area contributed by atoms with Crippen LogP contribution in [-0.4, -0.2) is 44.0 Å². The van der Waals surface area contributed by atoms with Crippen molar-refractivity contribution in [2.24, 2.45) is 0 Å². The largest absolute Gasteiger partial charge is 0.463 e. The van der Waals surface area contributed by atoms with Crippen molar-refractivity contribution in [1.29, 1.82) is 0 Å². The lowest BCUT2D eigenvalue weighted by Gasteiger charge is -2.16. The number of carbonyl (C=O) groups is 1. The Morgan fingerprint density at radius 2 is 2.07 bits per heavy atom. The number of aromatic nitrogens is 4. The molecule has 4 rings (SSSR count). The number of alkyl halides is 3. The van der Waals surface area contributed by atoms with E-state index in [4.69, 9.17) is 4.42 Å². The van der Waals surface area contributed by atoms with Gasteiger partial charge in [0.25, 0.3) is 5.91 Å². The highest BCUT2D eigenvalue weighted by molar-refractivity contribution is 5.99. The number of hydrogen-bond acceptors (Lipinski definition) is 5. The molecule has 154 valence electrons. The van der Waals surface area contributed by atoms with Crippen LogP contribution in [0.15, 0.2) is 59.5 Å². The summed E-state index contributed by atoms with van der Waals surface area (Å²) in [6, 6.07) is 9.35. The summed E-state index contributed by atoms with van der Waals surface area (Å²) in [7, 11) is 1.57. The maximum absolute atomic E-state index is 13.6. The predicted octanol–water partition coefficient (Wildman–Crippen LogP) is 3.72. The van der Waals surface area contributed by atoms with Gasteiger partial charge in [-0.15, -0.1) is 0 Å². The average molecular weight is 415 g/mol. The molecule has 0 aliphatic carbocycles. The highest BCUT2D eigenvalue weighted by atomic mass is 19.4. The molecule has 1 amide bonds. The zero-order valence-corrected chi connectivity index (χ0v) is 15.8. The number of carbonyl (C=O) groups excluding carboxylic acids is 1. The van der Waals surface area contributed by atoms with Gasteiger partial charge in [0.05, 0.1) is 12.5 Å². The molecule has 0 fully saturated rings. The highest BCUT2D eigenvalue weighted by Gasteiger charge is 2.36. The Bertz CT molecular complexity index is 1170. The van der Waals surface area contributed by atoms with E-state index in [9.17, 15) is 18.0 Å². The number of hydrogen-bond donors (Lipinski definition) is 0. The standard InChI is InChI=1S/C20H16F3N5O2/c1-27(9-7-13-5-2-3-8-24-13)19(29)14-12-25-28-17(20(21,22)23)11-15(26-18(14)28)16-6-4-10-30-16/h2-6,8,10-12H,7,9H2,1H3. The molecule has 0 saturated carbocycles. The number of halogens is 3. The van der Waals surface area contributed by atoms with E-state index in [0.29, 0.717) is 17.5 Å². The second-order valence-electron chi connectivity index (χ2n) is 6.59. The van der Waals surface area contributed by atoms with Crippen molar-refractivity contribution >= 4 is 11.6 Å². The van der Waals surface area contributed by atoms with Gasteiger partial charge < -0.3 is 9.32 Å². The van der Waals surface area contributed by atoms with Crippen LogP contribution in [0, 0.1) is 0 Å². The molecule has 7 nitrogen and oxygen atoms in total. The molecular formula is C20H16F3N5O2. The molecule has 0 spiro atoms. The fraction of sp³-hybridized carbons (Fsp3) is 0.200. The van der Waals surface area contributed by atoms with Crippen LogP contribution in [0.4, 0.5) is 13.2 Å². The third kappa shape index (κ3) is 3.76. The lowest BCUT2D eigenvalue weighted by atomic mass is 10.2. The van der Waals surface area contributed by atoms with Gasteiger partial charge in [-0.1, -0.05) is 6.07 Å². The Kier molecular flexibility index (Phi) is 4.98. The van der Waals surface area contributed by atoms with Crippen LogP contribution in [0.3, 0.4) is 0 Å². The summed E-state index contributed by atoms with van der Waals surface area (Å²) in [4.78, 5) is 22.7. The van der Waals surface area contributed by atoms with Crippen LogP contribution in [0.2, 0.25) is 0 Å². The summed E-state index contributed by atoms with van der Waals surface area (Å²) >= 11 is 0. The minimum Gasteiger partial charge on any atom is -0.463 e. The summed E-state index contributed by atoms with van der Waals surface area (Å²) in [5.74, 6) is -0.329. The first-order valence-electron chi connectivity index (χ1n) is 9.00. The molecule has 10 heteroatoms. The smallest absolute Gasteiger partial charge is 0.433 e. The maximum Gasteiger partial charge on any atom is 0.433 e. The molecule has 0 unspecified atom stereocenters. The van der Waals surface area contributed by atoms with Crippen LogP contribution in [0.5, 0.6) is 0 Å². The van der Waals surface area contributed by atoms with Gasteiger partial charge in [0.15, 0.2) is 17.1 Å². The summed E-state index contributed by atoms with van der Waals surface area (Å²) in [6.45, 7) is 0.331. The summed E-state index contributed by atoms with van der Waals surface area (Å²) < 4.78 is 46.6. The van der Waals surface area contributed by atoms with Crippen LogP contribution in [0.1, 0.15) is 21.7 Å². The van der Waals surface area contributed by atoms with Gasteiger partial charge in [0, 0.05) is 31.9 Å². The van der Waals surface area contributed by atoms with Crippen LogP contribution >= 0.6 is 0 Å². The summed E-state index contributed by atoms with van der Waals surface area (Å²) in [6.07, 6.45) is -0.104. The molecule has 0 atom stereocenters. The van der Waals surface area contributed by atoms with Crippen molar-refractivity contribution in [3.05, 3.63) is 72.0 Å². The van der Waals surface area contributed by atoms with Gasteiger partial charge in [0.1, 0.15) is 11.3 Å². The van der Waals surface area contributed by atoms with Crippen molar-refractivity contribution in [3.8, 4) is 11.5 Å². The Hall–Kier alpha value is -3.69. The monoisotopic (exact) mass is 415 g/mol. The van der Waals surface area contributed by atoms with Gasteiger partial charge in [-0.2, -0.15) is 18.3 Å². The van der Waals surface area contributed by atoms with Crippen LogP contribution in [-0.2, 0) is 12.6 Å². The van der Waals surface area contributed by atoms with Gasteiger partial charge in [-0.25, -0.2) is 9.50 Å². The number of nitrogens with zero attached hydrogens (tertiary/aromatic N) is 5. The molecule has 0 aliphatic heterocycles. The van der Waals surface area contributed by atoms with Gasteiger partial charge in [0.2, 0.25) is 0 Å². The first kappa shape index (κ1) is 19.6. The summed E-state index contributed by atoms with van der Waals surface area (Å²) in [5, 5.41) is 3.77. The first-order chi connectivity index (χ1) is 14.3. The number of rotatable bonds is 5. The third-order valence-electron chi connectivity index (χ3n) is 4.54. The second-order valence-corrected chi connectivity index (χ2v) is 6.59. The number of fused-ring (bicyclic) bond motifs is 1. The van der Waals surface area contributed by atoms with E-state index in [2.05, 4.69) is 15.1 Å². The second kappa shape index (κ2) is 7.62. The Labute approximate surface area is 168 Å². The average Bonchev–Trinajstić information content (AvgIpc) is 3.40. The molecule has 0 bridgehead atoms. The van der Waals surface area contributed by atoms with Gasteiger partial charge in [-0.3, -0.25) is 9.78 Å².